The molecule has 2 aliphatic heterocycles. The lowest BCUT2D eigenvalue weighted by atomic mass is 10.1. The summed E-state index contributed by atoms with van der Waals surface area (Å²) in [5.74, 6) is -1.28. The lowest BCUT2D eigenvalue weighted by Gasteiger charge is -2.39. The van der Waals surface area contributed by atoms with Crippen LogP contribution in [0, 0.1) is 5.82 Å². The van der Waals surface area contributed by atoms with Crippen LogP contribution in [-0.2, 0) is 14.4 Å². The van der Waals surface area contributed by atoms with E-state index in [9.17, 15) is 18.8 Å². The Morgan fingerprint density at radius 3 is 2.40 bits per heavy atom. The maximum Gasteiger partial charge on any atom is 0.243 e. The van der Waals surface area contributed by atoms with Gasteiger partial charge in [-0.1, -0.05) is 35.3 Å². The monoisotopic (exact) mass is 521 g/mol. The number of carbonyl (C=O) groups excluding carboxylic acids is 3. The van der Waals surface area contributed by atoms with Crippen LogP contribution in [-0.4, -0.2) is 79.4 Å². The number of halogens is 3. The molecule has 4 rings (SSSR count). The molecular weight excluding hydrogens is 496 g/mol. The lowest BCUT2D eigenvalue weighted by Crippen LogP contribution is -2.60. The Balaban J connectivity index is 1.34. The molecule has 2 aromatic carbocycles. The fourth-order valence-electron chi connectivity index (χ4n) is 4.37. The number of nitrogens with one attached hydrogen (secondary N) is 2. The Labute approximate surface area is 212 Å². The molecule has 0 unspecified atom stereocenters. The summed E-state index contributed by atoms with van der Waals surface area (Å²) in [6.45, 7) is 3.11. The Bertz CT molecular complexity index is 1090. The average Bonchev–Trinajstić information content (AvgIpc) is 2.80. The normalized spacial score (nSPS) is 18.8. The van der Waals surface area contributed by atoms with E-state index in [4.69, 9.17) is 23.2 Å². The van der Waals surface area contributed by atoms with E-state index in [1.807, 2.05) is 9.80 Å². The summed E-state index contributed by atoms with van der Waals surface area (Å²) in [6, 6.07) is 10.4. The van der Waals surface area contributed by atoms with E-state index in [-0.39, 0.29) is 30.6 Å². The number of para-hydroxylation sites is 1. The molecular formula is C24H26Cl2FN5O3. The van der Waals surface area contributed by atoms with Gasteiger partial charge in [-0.3, -0.25) is 19.3 Å². The third-order valence-corrected chi connectivity index (χ3v) is 6.54. The summed E-state index contributed by atoms with van der Waals surface area (Å²) in [5.41, 5.74) is 0.965. The molecule has 2 fully saturated rings. The minimum atomic E-state index is -0.911. The van der Waals surface area contributed by atoms with Crippen LogP contribution in [0.3, 0.4) is 0 Å². The number of benzene rings is 2. The summed E-state index contributed by atoms with van der Waals surface area (Å²) >= 11 is 12.0. The Morgan fingerprint density at radius 2 is 1.71 bits per heavy atom. The van der Waals surface area contributed by atoms with Crippen molar-refractivity contribution in [1.82, 2.24) is 15.1 Å². The molecule has 3 amide bonds. The van der Waals surface area contributed by atoms with E-state index in [1.165, 1.54) is 11.0 Å². The summed E-state index contributed by atoms with van der Waals surface area (Å²) < 4.78 is 14.1. The molecule has 0 bridgehead atoms. The first-order valence-corrected chi connectivity index (χ1v) is 12.1. The standard InChI is InChI=1S/C24H26Cl2FN5O3/c25-16-11-17(26)13-18(12-16)29-22(33)14-21-24(35)28-5-6-32(21)23(34)15-30-7-9-31(10-8-30)20-4-2-1-3-19(20)27/h1-4,11-13,21H,5-10,14-15H2,(H,28,35)(H,29,33)/t21-/m0/s1. The van der Waals surface area contributed by atoms with Gasteiger partial charge >= 0.3 is 0 Å². The quantitative estimate of drug-likeness (QED) is 0.610. The van der Waals surface area contributed by atoms with Crippen molar-refractivity contribution in [2.75, 3.05) is 56.0 Å². The largest absolute Gasteiger partial charge is 0.367 e. The topological polar surface area (TPSA) is 85.0 Å². The Hall–Kier alpha value is -2.88. The van der Waals surface area contributed by atoms with Gasteiger partial charge in [0, 0.05) is 55.0 Å². The van der Waals surface area contributed by atoms with Crippen LogP contribution in [0.15, 0.2) is 42.5 Å². The van der Waals surface area contributed by atoms with E-state index >= 15 is 0 Å². The van der Waals surface area contributed by atoms with Gasteiger partial charge in [0.05, 0.1) is 18.7 Å². The van der Waals surface area contributed by atoms with Gasteiger partial charge in [0.2, 0.25) is 17.7 Å². The second-order valence-corrected chi connectivity index (χ2v) is 9.39. The molecule has 0 aliphatic carbocycles. The molecule has 2 saturated heterocycles. The van der Waals surface area contributed by atoms with Crippen molar-refractivity contribution in [1.29, 1.82) is 0 Å². The summed E-state index contributed by atoms with van der Waals surface area (Å²) in [6.07, 6.45) is -0.192. The SMILES string of the molecule is O=C(C[C@H]1C(=O)NCCN1C(=O)CN1CCN(c2ccccc2F)CC1)Nc1cc(Cl)cc(Cl)c1. The predicted molar refractivity (Wildman–Crippen MR) is 133 cm³/mol. The maximum absolute atomic E-state index is 14.1. The number of hydrogen-bond acceptors (Lipinski definition) is 5. The second-order valence-electron chi connectivity index (χ2n) is 8.52. The van der Waals surface area contributed by atoms with Crippen molar-refractivity contribution in [2.24, 2.45) is 0 Å². The number of amides is 3. The van der Waals surface area contributed by atoms with E-state index in [0.717, 1.165) is 0 Å². The van der Waals surface area contributed by atoms with Crippen molar-refractivity contribution in [3.63, 3.8) is 0 Å². The zero-order valence-corrected chi connectivity index (χ0v) is 20.5. The molecule has 35 heavy (non-hydrogen) atoms. The average molecular weight is 522 g/mol. The number of carbonyl (C=O) groups is 3. The summed E-state index contributed by atoms with van der Waals surface area (Å²) in [7, 11) is 0. The number of rotatable bonds is 6. The molecule has 11 heteroatoms. The van der Waals surface area contributed by atoms with Gasteiger partial charge in [-0.05, 0) is 30.3 Å². The van der Waals surface area contributed by atoms with E-state index in [2.05, 4.69) is 10.6 Å². The minimum absolute atomic E-state index is 0.125. The zero-order valence-electron chi connectivity index (χ0n) is 19.0. The fraction of sp³-hybridized carbons (Fsp3) is 0.375. The van der Waals surface area contributed by atoms with Gasteiger partial charge in [-0.2, -0.15) is 0 Å². The molecule has 0 aromatic heterocycles. The third kappa shape index (κ3) is 6.42. The van der Waals surface area contributed by atoms with Crippen LogP contribution >= 0.6 is 23.2 Å². The molecule has 2 heterocycles. The number of piperazine rings is 2. The van der Waals surface area contributed by atoms with Gasteiger partial charge < -0.3 is 20.4 Å². The van der Waals surface area contributed by atoms with Crippen LogP contribution < -0.4 is 15.5 Å². The molecule has 2 aliphatic rings. The van der Waals surface area contributed by atoms with Crippen molar-refractivity contribution in [3.8, 4) is 0 Å². The zero-order chi connectivity index (χ0) is 24.9. The van der Waals surface area contributed by atoms with Crippen LogP contribution in [0.1, 0.15) is 6.42 Å². The van der Waals surface area contributed by atoms with Gasteiger partial charge in [0.1, 0.15) is 11.9 Å². The molecule has 0 saturated carbocycles. The molecule has 2 aromatic rings. The predicted octanol–water partition coefficient (Wildman–Crippen LogP) is 2.61. The van der Waals surface area contributed by atoms with Crippen molar-refractivity contribution < 1.29 is 18.8 Å². The van der Waals surface area contributed by atoms with Crippen molar-refractivity contribution >= 4 is 52.3 Å². The number of hydrogen-bond donors (Lipinski definition) is 2. The Kier molecular flexibility index (Phi) is 8.10. The van der Waals surface area contributed by atoms with Gasteiger partial charge in [-0.15, -0.1) is 0 Å². The first-order chi connectivity index (χ1) is 16.8. The summed E-state index contributed by atoms with van der Waals surface area (Å²) in [4.78, 5) is 43.7. The van der Waals surface area contributed by atoms with Crippen molar-refractivity contribution in [2.45, 2.75) is 12.5 Å². The maximum atomic E-state index is 14.1. The smallest absolute Gasteiger partial charge is 0.243 e. The van der Waals surface area contributed by atoms with Gasteiger partial charge in [-0.25, -0.2) is 4.39 Å². The minimum Gasteiger partial charge on any atom is -0.367 e. The van der Waals surface area contributed by atoms with Gasteiger partial charge in [0.15, 0.2) is 0 Å². The molecule has 186 valence electrons. The van der Waals surface area contributed by atoms with Crippen LogP contribution in [0.25, 0.3) is 0 Å². The number of nitrogens with zero attached hydrogens (tertiary/aromatic N) is 3. The molecule has 8 nitrogen and oxygen atoms in total. The van der Waals surface area contributed by atoms with E-state index in [1.54, 1.807) is 36.4 Å². The molecule has 1 atom stereocenters. The van der Waals surface area contributed by atoms with Crippen LogP contribution in [0.2, 0.25) is 10.0 Å². The molecule has 0 radical (unpaired) electrons. The third-order valence-electron chi connectivity index (χ3n) is 6.10. The highest BCUT2D eigenvalue weighted by molar-refractivity contribution is 6.35. The molecule has 0 spiro atoms. The summed E-state index contributed by atoms with van der Waals surface area (Å²) in [5, 5.41) is 6.15. The van der Waals surface area contributed by atoms with E-state index in [0.29, 0.717) is 60.7 Å². The van der Waals surface area contributed by atoms with Gasteiger partial charge in [0.25, 0.3) is 0 Å². The second kappa shape index (κ2) is 11.2. The first-order valence-electron chi connectivity index (χ1n) is 11.3. The fourth-order valence-corrected chi connectivity index (χ4v) is 4.89. The lowest BCUT2D eigenvalue weighted by molar-refractivity contribution is -0.145. The van der Waals surface area contributed by atoms with Crippen LogP contribution in [0.4, 0.5) is 15.8 Å². The highest BCUT2D eigenvalue weighted by Gasteiger charge is 2.35. The Morgan fingerprint density at radius 1 is 1.03 bits per heavy atom. The van der Waals surface area contributed by atoms with Crippen LogP contribution in [0.5, 0.6) is 0 Å². The van der Waals surface area contributed by atoms with Crippen molar-refractivity contribution in [3.05, 3.63) is 58.3 Å². The highest BCUT2D eigenvalue weighted by Crippen LogP contribution is 2.23. The molecule has 2 N–H and O–H groups in total. The first kappa shape index (κ1) is 25.2. The highest BCUT2D eigenvalue weighted by atomic mass is 35.5. The van der Waals surface area contributed by atoms with E-state index < -0.39 is 11.9 Å². The number of anilines is 2.